The minimum absolute atomic E-state index is 0.0359. The Labute approximate surface area is 147 Å². The summed E-state index contributed by atoms with van der Waals surface area (Å²) in [6.45, 7) is 1.74. The maximum atomic E-state index is 14.3. The van der Waals surface area contributed by atoms with Gasteiger partial charge in [-0.2, -0.15) is 10.3 Å². The number of aromatic nitrogens is 3. The summed E-state index contributed by atoms with van der Waals surface area (Å²) < 4.78 is 38.1. The Morgan fingerprint density at radius 3 is 2.65 bits per heavy atom. The van der Waals surface area contributed by atoms with Crippen LogP contribution in [0.5, 0.6) is 5.75 Å². The van der Waals surface area contributed by atoms with E-state index in [0.717, 1.165) is 6.07 Å². The van der Waals surface area contributed by atoms with Crippen LogP contribution in [0.2, 0.25) is 0 Å². The topological polar surface area (TPSA) is 77.1 Å². The van der Waals surface area contributed by atoms with E-state index in [9.17, 15) is 13.6 Å². The first-order chi connectivity index (χ1) is 12.6. The van der Waals surface area contributed by atoms with E-state index >= 15 is 0 Å². The quantitative estimate of drug-likeness (QED) is 0.682. The maximum Gasteiger partial charge on any atom is 0.361 e. The van der Waals surface area contributed by atoms with E-state index < -0.39 is 17.6 Å². The summed E-state index contributed by atoms with van der Waals surface area (Å²) in [5.74, 6) is -1.79. The first kappa shape index (κ1) is 17.5. The molecule has 1 aromatic heterocycles. The Morgan fingerprint density at radius 1 is 1.12 bits per heavy atom. The van der Waals surface area contributed by atoms with Crippen LogP contribution in [0.1, 0.15) is 23.0 Å². The lowest BCUT2D eigenvalue weighted by molar-refractivity contribution is 0.0520. The molecule has 8 heteroatoms. The van der Waals surface area contributed by atoms with Gasteiger partial charge < -0.3 is 9.47 Å². The van der Waals surface area contributed by atoms with Gasteiger partial charge in [0.25, 0.3) is 0 Å². The number of nitrogens with one attached hydrogen (secondary N) is 1. The van der Waals surface area contributed by atoms with Crippen molar-refractivity contribution in [1.82, 2.24) is 15.4 Å². The number of hydrogen-bond donors (Lipinski definition) is 1. The molecule has 0 spiro atoms. The summed E-state index contributed by atoms with van der Waals surface area (Å²) in [6, 6.07) is 10.2. The average molecular weight is 359 g/mol. The average Bonchev–Trinajstić information content (AvgIpc) is 3.12. The number of carbonyl (C=O) groups excluding carboxylic acids is 1. The van der Waals surface area contributed by atoms with Gasteiger partial charge in [0, 0.05) is 11.1 Å². The molecule has 134 valence electrons. The Bertz CT molecular complexity index is 928. The monoisotopic (exact) mass is 359 g/mol. The van der Waals surface area contributed by atoms with E-state index in [1.54, 1.807) is 25.1 Å². The highest BCUT2D eigenvalue weighted by Gasteiger charge is 2.20. The molecule has 1 N–H and O–H groups in total. The van der Waals surface area contributed by atoms with Gasteiger partial charge in [-0.3, -0.25) is 0 Å². The molecule has 0 bridgehead atoms. The smallest absolute Gasteiger partial charge is 0.361 e. The second-order valence-corrected chi connectivity index (χ2v) is 5.27. The van der Waals surface area contributed by atoms with Crippen LogP contribution in [0, 0.1) is 11.6 Å². The number of carbonyl (C=O) groups is 1. The molecule has 1 heterocycles. The highest BCUT2D eigenvalue weighted by molar-refractivity contribution is 5.93. The van der Waals surface area contributed by atoms with Crippen molar-refractivity contribution >= 4 is 5.97 Å². The molecule has 26 heavy (non-hydrogen) atoms. The molecule has 3 aromatic rings. The number of rotatable bonds is 6. The van der Waals surface area contributed by atoms with Crippen molar-refractivity contribution in [3.63, 3.8) is 0 Å². The number of nitrogens with zero attached hydrogens (tertiary/aromatic N) is 2. The fourth-order valence-electron chi connectivity index (χ4n) is 2.31. The first-order valence-electron chi connectivity index (χ1n) is 7.84. The Hall–Kier alpha value is -3.29. The van der Waals surface area contributed by atoms with Crippen LogP contribution in [0.3, 0.4) is 0 Å². The van der Waals surface area contributed by atoms with Crippen LogP contribution in [-0.2, 0) is 11.3 Å². The van der Waals surface area contributed by atoms with Gasteiger partial charge in [-0.05, 0) is 31.2 Å². The van der Waals surface area contributed by atoms with Crippen molar-refractivity contribution in [2.45, 2.75) is 13.5 Å². The zero-order valence-electron chi connectivity index (χ0n) is 13.8. The van der Waals surface area contributed by atoms with Gasteiger partial charge in [-0.15, -0.1) is 5.10 Å². The van der Waals surface area contributed by atoms with Crippen LogP contribution in [0.4, 0.5) is 8.78 Å². The molecule has 0 radical (unpaired) electrons. The zero-order chi connectivity index (χ0) is 18.5. The summed E-state index contributed by atoms with van der Waals surface area (Å²) >= 11 is 0. The number of aromatic amines is 1. The van der Waals surface area contributed by atoms with Crippen molar-refractivity contribution in [1.29, 1.82) is 0 Å². The first-order valence-corrected chi connectivity index (χ1v) is 7.84. The summed E-state index contributed by atoms with van der Waals surface area (Å²) in [5, 5.41) is 9.94. The maximum absolute atomic E-state index is 14.3. The van der Waals surface area contributed by atoms with Gasteiger partial charge in [0.15, 0.2) is 17.3 Å². The van der Waals surface area contributed by atoms with Gasteiger partial charge in [-0.1, -0.05) is 18.2 Å². The third-order valence-electron chi connectivity index (χ3n) is 3.56. The largest absolute Gasteiger partial charge is 0.486 e. The van der Waals surface area contributed by atoms with E-state index in [0.29, 0.717) is 11.1 Å². The number of H-pyrrole nitrogens is 1. The molecular weight excluding hydrogens is 344 g/mol. The second-order valence-electron chi connectivity index (χ2n) is 5.27. The van der Waals surface area contributed by atoms with Gasteiger partial charge >= 0.3 is 5.97 Å². The molecular formula is C18H15F2N3O3. The zero-order valence-corrected chi connectivity index (χ0v) is 13.8. The molecule has 0 unspecified atom stereocenters. The van der Waals surface area contributed by atoms with Crippen LogP contribution >= 0.6 is 0 Å². The lowest BCUT2D eigenvalue weighted by Crippen LogP contribution is -2.07. The normalized spacial score (nSPS) is 10.6. The van der Waals surface area contributed by atoms with Crippen molar-refractivity contribution in [3.05, 3.63) is 65.4 Å². The molecule has 0 saturated heterocycles. The standard InChI is InChI=1S/C18H15F2N3O3/c1-2-25-18(24)17-16(21-23-22-17)11-7-8-15(14(20)9-11)26-10-12-5-3-4-6-13(12)19/h3-9H,2,10H2,1H3,(H,21,22,23). The third kappa shape index (κ3) is 3.69. The molecule has 0 fully saturated rings. The third-order valence-corrected chi connectivity index (χ3v) is 3.56. The van der Waals surface area contributed by atoms with Gasteiger partial charge in [0.05, 0.1) is 6.61 Å². The number of hydrogen-bond acceptors (Lipinski definition) is 5. The van der Waals surface area contributed by atoms with Gasteiger partial charge in [-0.25, -0.2) is 13.6 Å². The molecule has 6 nitrogen and oxygen atoms in total. The van der Waals surface area contributed by atoms with E-state index in [2.05, 4.69) is 15.4 Å². The fraction of sp³-hybridized carbons (Fsp3) is 0.167. The van der Waals surface area contributed by atoms with Crippen LogP contribution < -0.4 is 4.74 Å². The van der Waals surface area contributed by atoms with E-state index in [-0.39, 0.29) is 30.4 Å². The molecule has 0 aliphatic heterocycles. The van der Waals surface area contributed by atoms with Crippen LogP contribution in [-0.4, -0.2) is 28.0 Å². The highest BCUT2D eigenvalue weighted by atomic mass is 19.1. The van der Waals surface area contributed by atoms with E-state index in [1.165, 1.54) is 18.2 Å². The Morgan fingerprint density at radius 2 is 1.92 bits per heavy atom. The predicted molar refractivity (Wildman–Crippen MR) is 88.5 cm³/mol. The van der Waals surface area contributed by atoms with Crippen molar-refractivity contribution < 1.29 is 23.0 Å². The summed E-state index contributed by atoms with van der Waals surface area (Å²) in [6.07, 6.45) is 0. The Kier molecular flexibility index (Phi) is 5.21. The molecule has 0 aliphatic rings. The number of esters is 1. The second kappa shape index (κ2) is 7.73. The van der Waals surface area contributed by atoms with Gasteiger partial charge in [0.2, 0.25) is 0 Å². The molecule has 2 aromatic carbocycles. The molecule has 0 amide bonds. The van der Waals surface area contributed by atoms with Crippen molar-refractivity contribution in [2.75, 3.05) is 6.61 Å². The van der Waals surface area contributed by atoms with E-state index in [4.69, 9.17) is 9.47 Å². The fourth-order valence-corrected chi connectivity index (χ4v) is 2.31. The van der Waals surface area contributed by atoms with Crippen molar-refractivity contribution in [3.8, 4) is 17.0 Å². The SMILES string of the molecule is CCOC(=O)c1n[nH]nc1-c1ccc(OCc2ccccc2F)c(F)c1. The molecule has 0 aliphatic carbocycles. The van der Waals surface area contributed by atoms with Crippen LogP contribution in [0.25, 0.3) is 11.3 Å². The summed E-state index contributed by atoms with van der Waals surface area (Å²) in [4.78, 5) is 11.8. The number of benzene rings is 2. The van der Waals surface area contributed by atoms with Gasteiger partial charge in [0.1, 0.15) is 18.1 Å². The lowest BCUT2D eigenvalue weighted by atomic mass is 10.1. The molecule has 0 atom stereocenters. The minimum atomic E-state index is -0.670. The number of ether oxygens (including phenoxy) is 2. The predicted octanol–water partition coefficient (Wildman–Crippen LogP) is 3.51. The summed E-state index contributed by atoms with van der Waals surface area (Å²) in [7, 11) is 0. The number of halogens is 2. The van der Waals surface area contributed by atoms with E-state index in [1.807, 2.05) is 0 Å². The lowest BCUT2D eigenvalue weighted by Gasteiger charge is -2.09. The minimum Gasteiger partial charge on any atom is -0.486 e. The van der Waals surface area contributed by atoms with Crippen molar-refractivity contribution in [2.24, 2.45) is 0 Å². The molecule has 3 rings (SSSR count). The molecule has 0 saturated carbocycles. The van der Waals surface area contributed by atoms with Crippen LogP contribution in [0.15, 0.2) is 42.5 Å². The Balaban J connectivity index is 1.79. The summed E-state index contributed by atoms with van der Waals surface area (Å²) in [5.41, 5.74) is 0.781. The highest BCUT2D eigenvalue weighted by Crippen LogP contribution is 2.27.